The first kappa shape index (κ1) is 12.8. The third-order valence-electron chi connectivity index (χ3n) is 2.78. The Balaban J connectivity index is 2.52. The van der Waals surface area contributed by atoms with Crippen LogP contribution in [0.15, 0.2) is 24.3 Å². The van der Waals surface area contributed by atoms with E-state index in [2.05, 4.69) is 4.98 Å². The molecule has 6 nitrogen and oxygen atoms in total. The van der Waals surface area contributed by atoms with E-state index < -0.39 is 5.97 Å². The molecule has 0 radical (unpaired) electrons. The van der Waals surface area contributed by atoms with Crippen LogP contribution in [0.2, 0.25) is 0 Å². The maximum atomic E-state index is 11.0. The molecule has 4 N–H and O–H groups in total. The number of ether oxygens (including phenoxy) is 2. The average molecular weight is 262 g/mol. The molecule has 100 valence electrons. The fraction of sp³-hybridized carbons (Fsp3) is 0.154. The van der Waals surface area contributed by atoms with Gasteiger partial charge in [-0.2, -0.15) is 0 Å². The Kier molecular flexibility index (Phi) is 3.33. The summed E-state index contributed by atoms with van der Waals surface area (Å²) in [5.41, 5.74) is 6.95. The highest BCUT2D eigenvalue weighted by atomic mass is 16.5. The topological polar surface area (TPSA) is 97.6 Å². The normalized spacial score (nSPS) is 10.2. The van der Waals surface area contributed by atoms with Crippen LogP contribution in [0.25, 0.3) is 11.3 Å². The number of H-pyrrole nitrogens is 1. The smallest absolute Gasteiger partial charge is 0.339 e. The van der Waals surface area contributed by atoms with Crippen molar-refractivity contribution in [1.82, 2.24) is 4.98 Å². The van der Waals surface area contributed by atoms with Gasteiger partial charge in [0, 0.05) is 11.6 Å². The van der Waals surface area contributed by atoms with Gasteiger partial charge >= 0.3 is 5.97 Å². The minimum absolute atomic E-state index is 0.0351. The molecule has 0 aliphatic carbocycles. The number of nitrogens with one attached hydrogen (secondary N) is 1. The molecule has 19 heavy (non-hydrogen) atoms. The van der Waals surface area contributed by atoms with Crippen LogP contribution in [0.4, 0.5) is 5.82 Å². The quantitative estimate of drug-likeness (QED) is 0.782. The van der Waals surface area contributed by atoms with Gasteiger partial charge < -0.3 is 25.3 Å². The molecule has 2 rings (SSSR count). The Morgan fingerprint density at radius 2 is 2.00 bits per heavy atom. The molecule has 0 fully saturated rings. The molecule has 1 heterocycles. The number of nitrogen functional groups attached to an aromatic ring is 1. The SMILES string of the molecule is COc1ccc(-c2cc(C(=O)O)c(N)[nH]2)c(OC)c1. The van der Waals surface area contributed by atoms with Gasteiger partial charge in [-0.25, -0.2) is 4.79 Å². The zero-order valence-electron chi connectivity index (χ0n) is 10.6. The molecule has 0 aliphatic rings. The van der Waals surface area contributed by atoms with Crippen LogP contribution in [-0.2, 0) is 0 Å². The number of carboxylic acid groups (broad SMARTS) is 1. The Bertz CT molecular complexity index is 619. The molecule has 0 aliphatic heterocycles. The van der Waals surface area contributed by atoms with Crippen molar-refractivity contribution in [3.05, 3.63) is 29.8 Å². The molecule has 1 aromatic heterocycles. The number of rotatable bonds is 4. The summed E-state index contributed by atoms with van der Waals surface area (Å²) in [7, 11) is 3.09. The van der Waals surface area contributed by atoms with Crippen LogP contribution < -0.4 is 15.2 Å². The van der Waals surface area contributed by atoms with Crippen molar-refractivity contribution in [2.45, 2.75) is 0 Å². The molecule has 0 amide bonds. The molecule has 0 spiro atoms. The van der Waals surface area contributed by atoms with Gasteiger partial charge in [0.2, 0.25) is 0 Å². The second-order valence-electron chi connectivity index (χ2n) is 3.88. The van der Waals surface area contributed by atoms with Crippen molar-refractivity contribution in [3.8, 4) is 22.8 Å². The van der Waals surface area contributed by atoms with E-state index in [1.165, 1.54) is 13.2 Å². The highest BCUT2D eigenvalue weighted by molar-refractivity contribution is 5.95. The first-order valence-electron chi connectivity index (χ1n) is 5.51. The maximum Gasteiger partial charge on any atom is 0.339 e. The number of carboxylic acids is 1. The summed E-state index contributed by atoms with van der Waals surface area (Å²) in [6.07, 6.45) is 0. The van der Waals surface area contributed by atoms with Crippen LogP contribution in [0.1, 0.15) is 10.4 Å². The fourth-order valence-corrected chi connectivity index (χ4v) is 1.81. The second-order valence-corrected chi connectivity index (χ2v) is 3.88. The summed E-state index contributed by atoms with van der Waals surface area (Å²) in [5, 5.41) is 8.98. The number of methoxy groups -OCH3 is 2. The molecular formula is C13H14N2O4. The van der Waals surface area contributed by atoms with E-state index in [4.69, 9.17) is 20.3 Å². The fourth-order valence-electron chi connectivity index (χ4n) is 1.81. The van der Waals surface area contributed by atoms with Gasteiger partial charge in [-0.05, 0) is 18.2 Å². The lowest BCUT2D eigenvalue weighted by molar-refractivity contribution is 0.0698. The number of nitrogens with two attached hydrogens (primary N) is 1. The number of hydrogen-bond donors (Lipinski definition) is 3. The first-order chi connectivity index (χ1) is 9.06. The average Bonchev–Trinajstić information content (AvgIpc) is 2.80. The number of aromatic carboxylic acids is 1. The molecule has 2 aromatic rings. The zero-order chi connectivity index (χ0) is 14.0. The summed E-state index contributed by atoms with van der Waals surface area (Å²) in [4.78, 5) is 13.8. The summed E-state index contributed by atoms with van der Waals surface area (Å²) < 4.78 is 10.4. The first-order valence-corrected chi connectivity index (χ1v) is 5.51. The van der Waals surface area contributed by atoms with Gasteiger partial charge in [0.15, 0.2) is 0 Å². The van der Waals surface area contributed by atoms with Crippen molar-refractivity contribution in [2.24, 2.45) is 0 Å². The molecule has 1 aromatic carbocycles. The van der Waals surface area contributed by atoms with Crippen molar-refractivity contribution in [1.29, 1.82) is 0 Å². The van der Waals surface area contributed by atoms with Crippen molar-refractivity contribution in [2.75, 3.05) is 20.0 Å². The van der Waals surface area contributed by atoms with Crippen molar-refractivity contribution >= 4 is 11.8 Å². The molecule has 0 unspecified atom stereocenters. The number of anilines is 1. The van der Waals surface area contributed by atoms with Crippen LogP contribution in [-0.4, -0.2) is 30.3 Å². The Hall–Kier alpha value is -2.63. The summed E-state index contributed by atoms with van der Waals surface area (Å²) in [6.45, 7) is 0. The highest BCUT2D eigenvalue weighted by Gasteiger charge is 2.15. The van der Waals surface area contributed by atoms with Crippen LogP contribution in [0, 0.1) is 0 Å². The summed E-state index contributed by atoms with van der Waals surface area (Å²) in [5.74, 6) is 0.254. The van der Waals surface area contributed by atoms with Crippen LogP contribution >= 0.6 is 0 Å². The maximum absolute atomic E-state index is 11.0. The molecule has 6 heteroatoms. The van der Waals surface area contributed by atoms with Crippen LogP contribution in [0.5, 0.6) is 11.5 Å². The monoisotopic (exact) mass is 262 g/mol. The number of hydrogen-bond acceptors (Lipinski definition) is 4. The van der Waals surface area contributed by atoms with Gasteiger partial charge in [0.1, 0.15) is 22.9 Å². The third-order valence-corrected chi connectivity index (χ3v) is 2.78. The Labute approximate surface area is 109 Å². The van der Waals surface area contributed by atoms with E-state index in [9.17, 15) is 4.79 Å². The number of carbonyl (C=O) groups is 1. The standard InChI is InChI=1S/C13H14N2O4/c1-18-7-3-4-8(11(5-7)19-2)10-6-9(13(16)17)12(14)15-10/h3-6,15H,14H2,1-2H3,(H,16,17). The lowest BCUT2D eigenvalue weighted by atomic mass is 10.1. The van der Waals surface area contributed by atoms with Gasteiger partial charge in [-0.1, -0.05) is 0 Å². The van der Waals surface area contributed by atoms with Gasteiger partial charge in [0.05, 0.1) is 19.9 Å². The lowest BCUT2D eigenvalue weighted by Crippen LogP contribution is -1.98. The Morgan fingerprint density at radius 3 is 2.53 bits per heavy atom. The number of aromatic amines is 1. The van der Waals surface area contributed by atoms with E-state index in [0.717, 1.165) is 0 Å². The third kappa shape index (κ3) is 2.33. The summed E-state index contributed by atoms with van der Waals surface area (Å²) in [6, 6.07) is 6.72. The van der Waals surface area contributed by atoms with Crippen LogP contribution in [0.3, 0.4) is 0 Å². The number of aromatic nitrogens is 1. The summed E-state index contributed by atoms with van der Waals surface area (Å²) >= 11 is 0. The Morgan fingerprint density at radius 1 is 1.26 bits per heavy atom. The highest BCUT2D eigenvalue weighted by Crippen LogP contribution is 2.34. The van der Waals surface area contributed by atoms with Crippen molar-refractivity contribution in [3.63, 3.8) is 0 Å². The second kappa shape index (κ2) is 4.93. The molecule has 0 atom stereocenters. The van der Waals surface area contributed by atoms with Gasteiger partial charge in [-0.15, -0.1) is 0 Å². The lowest BCUT2D eigenvalue weighted by Gasteiger charge is -2.08. The number of benzene rings is 1. The predicted octanol–water partition coefficient (Wildman–Crippen LogP) is 1.98. The minimum atomic E-state index is -1.08. The molecule has 0 bridgehead atoms. The van der Waals surface area contributed by atoms with Crippen molar-refractivity contribution < 1.29 is 19.4 Å². The van der Waals surface area contributed by atoms with E-state index >= 15 is 0 Å². The van der Waals surface area contributed by atoms with Gasteiger partial charge in [-0.3, -0.25) is 0 Å². The van der Waals surface area contributed by atoms with E-state index in [0.29, 0.717) is 22.8 Å². The zero-order valence-corrected chi connectivity index (χ0v) is 10.6. The van der Waals surface area contributed by atoms with E-state index in [1.807, 2.05) is 0 Å². The predicted molar refractivity (Wildman–Crippen MR) is 70.7 cm³/mol. The molecule has 0 saturated heterocycles. The molecule has 0 saturated carbocycles. The van der Waals surface area contributed by atoms with E-state index in [1.54, 1.807) is 25.3 Å². The largest absolute Gasteiger partial charge is 0.497 e. The van der Waals surface area contributed by atoms with Gasteiger partial charge in [0.25, 0.3) is 0 Å². The molecular weight excluding hydrogens is 248 g/mol. The van der Waals surface area contributed by atoms with E-state index in [-0.39, 0.29) is 11.4 Å². The minimum Gasteiger partial charge on any atom is -0.497 e.